The lowest BCUT2D eigenvalue weighted by Gasteiger charge is -2.35. The van der Waals surface area contributed by atoms with E-state index >= 15 is 0 Å². The third-order valence-electron chi connectivity index (χ3n) is 5.27. The molecule has 5 nitrogen and oxygen atoms in total. The molecule has 0 spiro atoms. The van der Waals surface area contributed by atoms with Gasteiger partial charge in [0.2, 0.25) is 5.91 Å². The largest absolute Gasteiger partial charge is 0.379 e. The first-order valence-electron chi connectivity index (χ1n) is 9.60. The smallest absolute Gasteiger partial charge is 0.224 e. The zero-order valence-corrected chi connectivity index (χ0v) is 16.4. The number of carbonyl (C=O) groups excluding carboxylic acids is 1. The molecule has 1 aliphatic rings. The van der Waals surface area contributed by atoms with Crippen LogP contribution in [-0.2, 0) is 16.0 Å². The number of benzene rings is 2. The third-order valence-corrected chi connectivity index (χ3v) is 5.61. The predicted molar refractivity (Wildman–Crippen MR) is 112 cm³/mol. The second kappa shape index (κ2) is 8.78. The minimum atomic E-state index is 0.00932. The number of nitrogens with one attached hydrogen (secondary N) is 2. The normalized spacial score (nSPS) is 16.2. The molecule has 2 aromatic carbocycles. The summed E-state index contributed by atoms with van der Waals surface area (Å²) in [6.45, 7) is 3.57. The van der Waals surface area contributed by atoms with Crippen molar-refractivity contribution in [2.75, 3.05) is 32.8 Å². The van der Waals surface area contributed by atoms with E-state index in [1.54, 1.807) is 0 Å². The average molecular weight is 398 g/mol. The van der Waals surface area contributed by atoms with Gasteiger partial charge in [-0.15, -0.1) is 0 Å². The van der Waals surface area contributed by atoms with Gasteiger partial charge in [-0.2, -0.15) is 0 Å². The van der Waals surface area contributed by atoms with Crippen molar-refractivity contribution in [1.29, 1.82) is 0 Å². The molecule has 0 bridgehead atoms. The summed E-state index contributed by atoms with van der Waals surface area (Å²) in [6, 6.07) is 15.9. The number of nitrogens with zero attached hydrogens (tertiary/aromatic N) is 1. The number of amides is 1. The molecule has 2 N–H and O–H groups in total. The van der Waals surface area contributed by atoms with Gasteiger partial charge in [0.25, 0.3) is 0 Å². The summed E-state index contributed by atoms with van der Waals surface area (Å²) in [5.41, 5.74) is 3.10. The van der Waals surface area contributed by atoms with Crippen LogP contribution in [0.5, 0.6) is 0 Å². The van der Waals surface area contributed by atoms with Gasteiger partial charge in [-0.25, -0.2) is 0 Å². The Balaban J connectivity index is 1.46. The lowest BCUT2D eigenvalue weighted by atomic mass is 10.0. The summed E-state index contributed by atoms with van der Waals surface area (Å²) in [7, 11) is 0. The first kappa shape index (κ1) is 19.0. The molecule has 1 aromatic heterocycles. The van der Waals surface area contributed by atoms with E-state index in [1.165, 1.54) is 0 Å². The van der Waals surface area contributed by atoms with E-state index in [4.69, 9.17) is 16.3 Å². The van der Waals surface area contributed by atoms with Crippen LogP contribution in [0.25, 0.3) is 10.9 Å². The van der Waals surface area contributed by atoms with Crippen LogP contribution >= 0.6 is 11.6 Å². The van der Waals surface area contributed by atoms with E-state index in [9.17, 15) is 4.79 Å². The molecular weight excluding hydrogens is 374 g/mol. The molecule has 0 saturated carbocycles. The van der Waals surface area contributed by atoms with E-state index in [0.29, 0.717) is 26.2 Å². The van der Waals surface area contributed by atoms with Crippen LogP contribution < -0.4 is 5.32 Å². The quantitative estimate of drug-likeness (QED) is 0.668. The van der Waals surface area contributed by atoms with Crippen LogP contribution in [0.15, 0.2) is 54.7 Å². The molecule has 1 atom stereocenters. The highest BCUT2D eigenvalue weighted by Gasteiger charge is 2.25. The van der Waals surface area contributed by atoms with E-state index in [1.807, 2.05) is 54.7 Å². The standard InChI is InChI=1S/C22H24ClN3O2/c23-19-7-3-1-6-18(19)21(26-9-11-28-12-10-26)15-25-22(27)13-16-14-24-20-8-4-2-5-17(16)20/h1-8,14,21,24H,9-13,15H2,(H,25,27)/t21-/m1/s1. The van der Waals surface area contributed by atoms with Crippen LogP contribution in [0.3, 0.4) is 0 Å². The number of aromatic nitrogens is 1. The molecule has 4 rings (SSSR count). The fraction of sp³-hybridized carbons (Fsp3) is 0.318. The Kier molecular flexibility index (Phi) is 5.95. The minimum absolute atomic E-state index is 0.00932. The van der Waals surface area contributed by atoms with Crippen molar-refractivity contribution in [3.63, 3.8) is 0 Å². The van der Waals surface area contributed by atoms with Crippen molar-refractivity contribution in [2.24, 2.45) is 0 Å². The number of para-hydroxylation sites is 1. The number of morpholine rings is 1. The summed E-state index contributed by atoms with van der Waals surface area (Å²) in [5.74, 6) is 0.00932. The Labute approximate surface area is 169 Å². The second-order valence-electron chi connectivity index (χ2n) is 7.03. The number of H-pyrrole nitrogens is 1. The fourth-order valence-electron chi connectivity index (χ4n) is 3.79. The second-order valence-corrected chi connectivity index (χ2v) is 7.43. The maximum atomic E-state index is 12.7. The summed E-state index contributed by atoms with van der Waals surface area (Å²) in [6.07, 6.45) is 2.26. The summed E-state index contributed by atoms with van der Waals surface area (Å²) < 4.78 is 5.49. The summed E-state index contributed by atoms with van der Waals surface area (Å²) in [4.78, 5) is 18.2. The number of aromatic amines is 1. The lowest BCUT2D eigenvalue weighted by molar-refractivity contribution is -0.120. The van der Waals surface area contributed by atoms with Crippen molar-refractivity contribution in [1.82, 2.24) is 15.2 Å². The number of ether oxygens (including phenoxy) is 1. The molecule has 1 amide bonds. The van der Waals surface area contributed by atoms with Gasteiger partial charge in [-0.05, 0) is 23.3 Å². The number of fused-ring (bicyclic) bond motifs is 1. The van der Waals surface area contributed by atoms with Gasteiger partial charge in [0.15, 0.2) is 0 Å². The predicted octanol–water partition coefficient (Wildman–Crippen LogP) is 3.55. The van der Waals surface area contributed by atoms with Crippen molar-refractivity contribution in [3.05, 3.63) is 70.9 Å². The topological polar surface area (TPSA) is 57.4 Å². The van der Waals surface area contributed by atoms with Crippen LogP contribution in [-0.4, -0.2) is 48.6 Å². The molecule has 0 unspecified atom stereocenters. The number of carbonyl (C=O) groups is 1. The maximum Gasteiger partial charge on any atom is 0.224 e. The van der Waals surface area contributed by atoms with E-state index < -0.39 is 0 Å². The first-order valence-corrected chi connectivity index (χ1v) is 9.98. The van der Waals surface area contributed by atoms with Crippen molar-refractivity contribution < 1.29 is 9.53 Å². The molecule has 1 aliphatic heterocycles. The number of halogens is 1. The molecule has 2 heterocycles. The monoisotopic (exact) mass is 397 g/mol. The molecule has 0 aliphatic carbocycles. The van der Waals surface area contributed by atoms with Gasteiger partial charge in [0.1, 0.15) is 0 Å². The van der Waals surface area contributed by atoms with Gasteiger partial charge >= 0.3 is 0 Å². The summed E-state index contributed by atoms with van der Waals surface area (Å²) >= 11 is 6.46. The van der Waals surface area contributed by atoms with Gasteiger partial charge in [-0.1, -0.05) is 48.0 Å². The Morgan fingerprint density at radius 2 is 1.89 bits per heavy atom. The first-order chi connectivity index (χ1) is 13.7. The summed E-state index contributed by atoms with van der Waals surface area (Å²) in [5, 5.41) is 4.93. The highest BCUT2D eigenvalue weighted by atomic mass is 35.5. The molecule has 1 fully saturated rings. The van der Waals surface area contributed by atoms with E-state index in [-0.39, 0.29) is 11.9 Å². The number of hydrogen-bond donors (Lipinski definition) is 2. The van der Waals surface area contributed by atoms with Gasteiger partial charge in [-0.3, -0.25) is 9.69 Å². The minimum Gasteiger partial charge on any atom is -0.379 e. The zero-order valence-electron chi connectivity index (χ0n) is 15.7. The van der Waals surface area contributed by atoms with Crippen LogP contribution in [0, 0.1) is 0 Å². The number of hydrogen-bond acceptors (Lipinski definition) is 3. The molecule has 146 valence electrons. The average Bonchev–Trinajstić information content (AvgIpc) is 3.13. The van der Waals surface area contributed by atoms with Crippen molar-refractivity contribution in [3.8, 4) is 0 Å². The molecule has 3 aromatic rings. The van der Waals surface area contributed by atoms with Gasteiger partial charge in [0, 0.05) is 41.8 Å². The Hall–Kier alpha value is -2.34. The highest BCUT2D eigenvalue weighted by Crippen LogP contribution is 2.28. The Bertz CT molecular complexity index is 950. The number of rotatable bonds is 6. The van der Waals surface area contributed by atoms with Crippen LogP contribution in [0.2, 0.25) is 5.02 Å². The Morgan fingerprint density at radius 3 is 2.71 bits per heavy atom. The van der Waals surface area contributed by atoms with E-state index in [0.717, 1.165) is 40.1 Å². The maximum absolute atomic E-state index is 12.7. The molecular formula is C22H24ClN3O2. The molecule has 28 heavy (non-hydrogen) atoms. The van der Waals surface area contributed by atoms with Gasteiger partial charge in [0.05, 0.1) is 25.7 Å². The Morgan fingerprint density at radius 1 is 1.14 bits per heavy atom. The van der Waals surface area contributed by atoms with E-state index in [2.05, 4.69) is 15.2 Å². The van der Waals surface area contributed by atoms with Crippen molar-refractivity contribution in [2.45, 2.75) is 12.5 Å². The molecule has 0 radical (unpaired) electrons. The lowest BCUT2D eigenvalue weighted by Crippen LogP contribution is -2.44. The SMILES string of the molecule is O=C(Cc1c[nH]c2ccccc12)NC[C@H](c1ccccc1Cl)N1CCOCC1. The van der Waals surface area contributed by atoms with Crippen LogP contribution in [0.1, 0.15) is 17.2 Å². The van der Waals surface area contributed by atoms with Gasteiger partial charge < -0.3 is 15.0 Å². The highest BCUT2D eigenvalue weighted by molar-refractivity contribution is 6.31. The third kappa shape index (κ3) is 4.22. The zero-order chi connectivity index (χ0) is 19.3. The van der Waals surface area contributed by atoms with Crippen LogP contribution in [0.4, 0.5) is 0 Å². The van der Waals surface area contributed by atoms with Crippen molar-refractivity contribution >= 4 is 28.4 Å². The molecule has 1 saturated heterocycles. The molecule has 6 heteroatoms. The fourth-order valence-corrected chi connectivity index (χ4v) is 4.06.